The van der Waals surface area contributed by atoms with E-state index in [9.17, 15) is 0 Å². The normalized spacial score (nSPS) is 10.6. The summed E-state index contributed by atoms with van der Waals surface area (Å²) in [6, 6.07) is 15.4. The van der Waals surface area contributed by atoms with Gasteiger partial charge in [-0.05, 0) is 42.0 Å². The van der Waals surface area contributed by atoms with Gasteiger partial charge >= 0.3 is 0 Å². The van der Waals surface area contributed by atoms with Gasteiger partial charge in [-0.1, -0.05) is 55.0 Å². The molecule has 0 aliphatic carbocycles. The molecule has 0 spiro atoms. The highest BCUT2D eigenvalue weighted by molar-refractivity contribution is 5.82. The molecule has 0 fully saturated rings. The first-order valence-corrected chi connectivity index (χ1v) is 6.49. The van der Waals surface area contributed by atoms with Gasteiger partial charge in [-0.2, -0.15) is 0 Å². The smallest absolute Gasteiger partial charge is 0.0181 e. The van der Waals surface area contributed by atoms with E-state index in [1.165, 1.54) is 42.0 Å². The van der Waals surface area contributed by atoms with Crippen molar-refractivity contribution in [2.24, 2.45) is 0 Å². The zero-order valence-electron chi connectivity index (χ0n) is 10.4. The highest BCUT2D eigenvalue weighted by Crippen LogP contribution is 2.17. The third kappa shape index (κ3) is 3.45. The Kier molecular flexibility index (Phi) is 4.37. The lowest BCUT2D eigenvalue weighted by atomic mass is 10.0. The Morgan fingerprint density at radius 1 is 0.882 bits per heavy atom. The molecule has 0 N–H and O–H groups in total. The highest BCUT2D eigenvalue weighted by atomic mass is 14.0. The lowest BCUT2D eigenvalue weighted by Gasteiger charge is -2.03. The topological polar surface area (TPSA) is 0 Å². The Hall–Kier alpha value is -1.56. The molecular formula is C17H20. The van der Waals surface area contributed by atoms with Gasteiger partial charge in [-0.25, -0.2) is 0 Å². The average molecular weight is 224 g/mol. The van der Waals surface area contributed by atoms with Gasteiger partial charge in [0.1, 0.15) is 0 Å². The number of benzene rings is 2. The van der Waals surface area contributed by atoms with E-state index in [1.54, 1.807) is 0 Å². The highest BCUT2D eigenvalue weighted by Gasteiger charge is 1.96. The molecule has 0 radical (unpaired) electrons. The molecule has 0 bridgehead atoms. The first kappa shape index (κ1) is 11.9. The zero-order chi connectivity index (χ0) is 11.9. The van der Waals surface area contributed by atoms with Gasteiger partial charge in [0.25, 0.3) is 0 Å². The second kappa shape index (κ2) is 6.24. The summed E-state index contributed by atoms with van der Waals surface area (Å²) in [4.78, 5) is 0. The molecule has 0 saturated heterocycles. The Morgan fingerprint density at radius 2 is 1.71 bits per heavy atom. The summed E-state index contributed by atoms with van der Waals surface area (Å²) < 4.78 is 0. The van der Waals surface area contributed by atoms with Crippen LogP contribution in [0.3, 0.4) is 0 Å². The molecule has 0 unspecified atom stereocenters. The Balaban J connectivity index is 1.92. The molecule has 2 rings (SSSR count). The van der Waals surface area contributed by atoms with Crippen molar-refractivity contribution in [1.29, 1.82) is 0 Å². The summed E-state index contributed by atoms with van der Waals surface area (Å²) in [5.74, 6) is 0. The minimum Gasteiger partial charge on any atom is -0.103 e. The Bertz CT molecular complexity index is 482. The number of aryl methyl sites for hydroxylation is 1. The standard InChI is InChI=1S/C17H20/c1-2-3-4-5-6-9-15-12-13-16-10-7-8-11-17(16)14-15/h2,7-8,10-14H,1,3-6,9H2. The maximum atomic E-state index is 3.75. The quantitative estimate of drug-likeness (QED) is 0.471. The third-order valence-corrected chi connectivity index (χ3v) is 3.19. The van der Waals surface area contributed by atoms with Crippen LogP contribution in [-0.2, 0) is 6.42 Å². The minimum absolute atomic E-state index is 1.15. The summed E-state index contributed by atoms with van der Waals surface area (Å²) >= 11 is 0. The van der Waals surface area contributed by atoms with Gasteiger partial charge in [0.05, 0.1) is 0 Å². The fourth-order valence-electron chi connectivity index (χ4n) is 2.19. The fourth-order valence-corrected chi connectivity index (χ4v) is 2.19. The summed E-state index contributed by atoms with van der Waals surface area (Å²) in [5.41, 5.74) is 1.46. The van der Waals surface area contributed by atoms with Crippen molar-refractivity contribution in [3.05, 3.63) is 60.7 Å². The summed E-state index contributed by atoms with van der Waals surface area (Å²) in [5, 5.41) is 2.69. The van der Waals surface area contributed by atoms with Gasteiger partial charge in [0.2, 0.25) is 0 Å². The van der Waals surface area contributed by atoms with Gasteiger partial charge in [0, 0.05) is 0 Å². The number of rotatable bonds is 6. The molecule has 0 amide bonds. The van der Waals surface area contributed by atoms with Crippen molar-refractivity contribution in [2.45, 2.75) is 32.1 Å². The van der Waals surface area contributed by atoms with E-state index in [0.29, 0.717) is 0 Å². The number of allylic oxidation sites excluding steroid dienone is 1. The van der Waals surface area contributed by atoms with Crippen molar-refractivity contribution < 1.29 is 0 Å². The molecule has 0 aliphatic heterocycles. The van der Waals surface area contributed by atoms with Crippen molar-refractivity contribution >= 4 is 10.8 Å². The second-order valence-corrected chi connectivity index (χ2v) is 4.57. The maximum absolute atomic E-state index is 3.75. The fraction of sp³-hybridized carbons (Fsp3) is 0.294. The zero-order valence-corrected chi connectivity index (χ0v) is 10.4. The molecule has 0 aromatic heterocycles. The van der Waals surface area contributed by atoms with E-state index in [1.807, 2.05) is 6.08 Å². The molecule has 2 aromatic carbocycles. The number of hydrogen-bond donors (Lipinski definition) is 0. The molecule has 0 saturated carbocycles. The predicted octanol–water partition coefficient (Wildman–Crippen LogP) is 5.13. The molecule has 2 aromatic rings. The van der Waals surface area contributed by atoms with Crippen molar-refractivity contribution in [1.82, 2.24) is 0 Å². The van der Waals surface area contributed by atoms with Crippen LogP contribution in [0.2, 0.25) is 0 Å². The Morgan fingerprint density at radius 3 is 2.53 bits per heavy atom. The molecular weight excluding hydrogens is 204 g/mol. The lowest BCUT2D eigenvalue weighted by molar-refractivity contribution is 0.687. The first-order chi connectivity index (χ1) is 8.40. The van der Waals surface area contributed by atoms with Crippen LogP contribution in [0.4, 0.5) is 0 Å². The molecule has 0 heterocycles. The monoisotopic (exact) mass is 224 g/mol. The molecule has 0 nitrogen and oxygen atoms in total. The number of unbranched alkanes of at least 4 members (excludes halogenated alkanes) is 3. The SMILES string of the molecule is C=CCCCCCc1ccc2ccccc2c1. The van der Waals surface area contributed by atoms with Crippen LogP contribution in [0.25, 0.3) is 10.8 Å². The van der Waals surface area contributed by atoms with Gasteiger partial charge in [-0.3, -0.25) is 0 Å². The first-order valence-electron chi connectivity index (χ1n) is 6.49. The summed E-state index contributed by atoms with van der Waals surface area (Å²) in [6.07, 6.45) is 8.22. The van der Waals surface area contributed by atoms with Gasteiger partial charge in [-0.15, -0.1) is 6.58 Å². The van der Waals surface area contributed by atoms with E-state index < -0.39 is 0 Å². The largest absolute Gasteiger partial charge is 0.103 e. The van der Waals surface area contributed by atoms with Crippen molar-refractivity contribution in [2.75, 3.05) is 0 Å². The van der Waals surface area contributed by atoms with E-state index in [2.05, 4.69) is 49.0 Å². The van der Waals surface area contributed by atoms with E-state index in [-0.39, 0.29) is 0 Å². The number of hydrogen-bond acceptors (Lipinski definition) is 0. The Labute approximate surface area is 104 Å². The molecule has 88 valence electrons. The van der Waals surface area contributed by atoms with Crippen LogP contribution in [-0.4, -0.2) is 0 Å². The molecule has 0 aliphatic rings. The predicted molar refractivity (Wildman–Crippen MR) is 76.3 cm³/mol. The molecule has 17 heavy (non-hydrogen) atoms. The van der Waals surface area contributed by atoms with Crippen LogP contribution >= 0.6 is 0 Å². The molecule has 0 heteroatoms. The van der Waals surface area contributed by atoms with Crippen molar-refractivity contribution in [3.8, 4) is 0 Å². The van der Waals surface area contributed by atoms with Crippen molar-refractivity contribution in [3.63, 3.8) is 0 Å². The lowest BCUT2D eigenvalue weighted by Crippen LogP contribution is -1.86. The second-order valence-electron chi connectivity index (χ2n) is 4.57. The number of fused-ring (bicyclic) bond motifs is 1. The summed E-state index contributed by atoms with van der Waals surface area (Å²) in [7, 11) is 0. The maximum Gasteiger partial charge on any atom is -0.0181 e. The van der Waals surface area contributed by atoms with E-state index in [0.717, 1.165) is 6.42 Å². The summed E-state index contributed by atoms with van der Waals surface area (Å²) in [6.45, 7) is 3.75. The van der Waals surface area contributed by atoms with Crippen LogP contribution in [0.1, 0.15) is 31.2 Å². The average Bonchev–Trinajstić information content (AvgIpc) is 2.38. The van der Waals surface area contributed by atoms with Gasteiger partial charge in [0.15, 0.2) is 0 Å². The van der Waals surface area contributed by atoms with Crippen LogP contribution < -0.4 is 0 Å². The van der Waals surface area contributed by atoms with Crippen LogP contribution in [0.15, 0.2) is 55.1 Å². The van der Waals surface area contributed by atoms with Crippen LogP contribution in [0, 0.1) is 0 Å². The van der Waals surface area contributed by atoms with E-state index in [4.69, 9.17) is 0 Å². The minimum atomic E-state index is 1.15. The molecule has 0 atom stereocenters. The van der Waals surface area contributed by atoms with Gasteiger partial charge < -0.3 is 0 Å². The van der Waals surface area contributed by atoms with E-state index >= 15 is 0 Å². The third-order valence-electron chi connectivity index (χ3n) is 3.19. The van der Waals surface area contributed by atoms with Crippen LogP contribution in [0.5, 0.6) is 0 Å².